The lowest BCUT2D eigenvalue weighted by Gasteiger charge is -2.29. The van der Waals surface area contributed by atoms with Crippen LogP contribution in [0.1, 0.15) is 38.8 Å². The van der Waals surface area contributed by atoms with E-state index in [9.17, 15) is 0 Å². The zero-order valence-corrected chi connectivity index (χ0v) is 12.2. The second-order valence-electron chi connectivity index (χ2n) is 6.05. The first kappa shape index (κ1) is 13.4. The Morgan fingerprint density at radius 1 is 1.22 bits per heavy atom. The summed E-state index contributed by atoms with van der Waals surface area (Å²) in [6.45, 7) is 12.5. The molecule has 1 aliphatic heterocycles. The van der Waals surface area contributed by atoms with E-state index in [0.717, 1.165) is 19.0 Å². The highest BCUT2D eigenvalue weighted by atomic mass is 15.1. The van der Waals surface area contributed by atoms with Crippen molar-refractivity contribution in [3.05, 3.63) is 29.3 Å². The third-order valence-corrected chi connectivity index (χ3v) is 3.64. The number of hydrogen-bond donors (Lipinski definition) is 1. The van der Waals surface area contributed by atoms with E-state index in [2.05, 4.69) is 56.1 Å². The first-order valence-corrected chi connectivity index (χ1v) is 7.16. The topological polar surface area (TPSA) is 15.3 Å². The van der Waals surface area contributed by atoms with Crippen LogP contribution < -0.4 is 5.32 Å². The van der Waals surface area contributed by atoms with E-state index >= 15 is 0 Å². The predicted molar refractivity (Wildman–Crippen MR) is 79.0 cm³/mol. The molecule has 2 rings (SSSR count). The van der Waals surface area contributed by atoms with Gasteiger partial charge in [-0.3, -0.25) is 4.90 Å². The lowest BCUT2D eigenvalue weighted by molar-refractivity contribution is 0.189. The minimum absolute atomic E-state index is 0.602. The Morgan fingerprint density at radius 2 is 2.00 bits per heavy atom. The van der Waals surface area contributed by atoms with Crippen molar-refractivity contribution < 1.29 is 0 Å². The van der Waals surface area contributed by atoms with Gasteiger partial charge in [-0.2, -0.15) is 0 Å². The van der Waals surface area contributed by atoms with Gasteiger partial charge in [0, 0.05) is 31.4 Å². The molecule has 0 fully saturated rings. The molecule has 0 radical (unpaired) electrons. The molecular weight excluding hydrogens is 220 g/mol. The van der Waals surface area contributed by atoms with Gasteiger partial charge in [0.15, 0.2) is 0 Å². The zero-order chi connectivity index (χ0) is 13.1. The predicted octanol–water partition coefficient (Wildman–Crippen LogP) is 3.52. The van der Waals surface area contributed by atoms with Crippen LogP contribution in [0.2, 0.25) is 0 Å². The quantitative estimate of drug-likeness (QED) is 0.855. The van der Waals surface area contributed by atoms with E-state index < -0.39 is 0 Å². The van der Waals surface area contributed by atoms with E-state index in [4.69, 9.17) is 0 Å². The summed E-state index contributed by atoms with van der Waals surface area (Å²) in [6, 6.07) is 7.33. The molecule has 1 aliphatic rings. The van der Waals surface area contributed by atoms with Crippen LogP contribution >= 0.6 is 0 Å². The van der Waals surface area contributed by atoms with Gasteiger partial charge in [0.2, 0.25) is 0 Å². The molecule has 0 aliphatic carbocycles. The molecule has 2 nitrogen and oxygen atoms in total. The number of nitrogens with zero attached hydrogens (tertiary/aromatic N) is 1. The fourth-order valence-corrected chi connectivity index (χ4v) is 2.69. The molecule has 0 aromatic heterocycles. The zero-order valence-electron chi connectivity index (χ0n) is 12.2. The number of hydrogen-bond acceptors (Lipinski definition) is 2. The average molecular weight is 246 g/mol. The number of anilines is 1. The summed E-state index contributed by atoms with van der Waals surface area (Å²) in [5, 5.41) is 3.54. The lowest BCUT2D eigenvalue weighted by atomic mass is 10.1. The van der Waals surface area contributed by atoms with E-state index in [-0.39, 0.29) is 0 Å². The lowest BCUT2D eigenvalue weighted by Crippen LogP contribution is -2.33. The highest BCUT2D eigenvalue weighted by Crippen LogP contribution is 2.27. The van der Waals surface area contributed by atoms with Gasteiger partial charge < -0.3 is 5.32 Å². The Balaban J connectivity index is 2.14. The minimum Gasteiger partial charge on any atom is -0.384 e. The standard InChI is InChI=1S/C16H26N2/c1-12(2)10-18(13(3)4)11-15-7-5-6-14-8-9-17-16(14)15/h5-7,12-13,17H,8-11H2,1-4H3. The summed E-state index contributed by atoms with van der Waals surface area (Å²) in [5.74, 6) is 0.720. The molecule has 1 aromatic rings. The molecule has 0 saturated carbocycles. The van der Waals surface area contributed by atoms with Gasteiger partial charge in [-0.05, 0) is 37.3 Å². The Kier molecular flexibility index (Phi) is 4.28. The van der Waals surface area contributed by atoms with Crippen molar-refractivity contribution in [3.63, 3.8) is 0 Å². The molecule has 0 atom stereocenters. The van der Waals surface area contributed by atoms with Crippen molar-refractivity contribution in [1.29, 1.82) is 0 Å². The molecule has 0 amide bonds. The summed E-state index contributed by atoms with van der Waals surface area (Å²) >= 11 is 0. The summed E-state index contributed by atoms with van der Waals surface area (Å²) in [7, 11) is 0. The first-order chi connectivity index (χ1) is 8.58. The highest BCUT2D eigenvalue weighted by Gasteiger charge is 2.17. The van der Waals surface area contributed by atoms with Crippen molar-refractivity contribution in [2.45, 2.75) is 46.7 Å². The van der Waals surface area contributed by atoms with Gasteiger partial charge in [-0.25, -0.2) is 0 Å². The molecule has 1 aromatic carbocycles. The Bertz CT molecular complexity index is 396. The molecule has 1 N–H and O–H groups in total. The summed E-state index contributed by atoms with van der Waals surface area (Å²) < 4.78 is 0. The van der Waals surface area contributed by atoms with Gasteiger partial charge >= 0.3 is 0 Å². The summed E-state index contributed by atoms with van der Waals surface area (Å²) in [5.41, 5.74) is 4.34. The fourth-order valence-electron chi connectivity index (χ4n) is 2.69. The van der Waals surface area contributed by atoms with E-state index in [0.29, 0.717) is 6.04 Å². The third kappa shape index (κ3) is 3.05. The molecule has 18 heavy (non-hydrogen) atoms. The van der Waals surface area contributed by atoms with Gasteiger partial charge in [0.1, 0.15) is 0 Å². The second-order valence-corrected chi connectivity index (χ2v) is 6.05. The highest BCUT2D eigenvalue weighted by molar-refractivity contribution is 5.61. The normalized spacial score (nSPS) is 14.4. The number of fused-ring (bicyclic) bond motifs is 1. The van der Waals surface area contributed by atoms with Gasteiger partial charge in [0.25, 0.3) is 0 Å². The third-order valence-electron chi connectivity index (χ3n) is 3.64. The Hall–Kier alpha value is -1.02. The molecule has 0 bridgehead atoms. The maximum atomic E-state index is 3.54. The number of rotatable bonds is 5. The molecule has 2 heteroatoms. The van der Waals surface area contributed by atoms with Crippen LogP contribution in [0.5, 0.6) is 0 Å². The molecule has 1 heterocycles. The van der Waals surface area contributed by atoms with Crippen molar-refractivity contribution in [3.8, 4) is 0 Å². The van der Waals surface area contributed by atoms with E-state index in [1.165, 1.54) is 29.8 Å². The van der Waals surface area contributed by atoms with E-state index in [1.54, 1.807) is 0 Å². The van der Waals surface area contributed by atoms with Crippen molar-refractivity contribution in [1.82, 2.24) is 4.90 Å². The molecule has 0 spiro atoms. The average Bonchev–Trinajstić information content (AvgIpc) is 2.76. The largest absolute Gasteiger partial charge is 0.384 e. The second kappa shape index (κ2) is 5.75. The van der Waals surface area contributed by atoms with Crippen molar-refractivity contribution in [2.75, 3.05) is 18.4 Å². The van der Waals surface area contributed by atoms with Gasteiger partial charge in [-0.1, -0.05) is 32.0 Å². The fraction of sp³-hybridized carbons (Fsp3) is 0.625. The smallest absolute Gasteiger partial charge is 0.0419 e. The Morgan fingerprint density at radius 3 is 2.67 bits per heavy atom. The number of nitrogens with one attached hydrogen (secondary N) is 1. The van der Waals surface area contributed by atoms with Gasteiger partial charge in [-0.15, -0.1) is 0 Å². The molecule has 100 valence electrons. The van der Waals surface area contributed by atoms with Crippen LogP contribution in [0.3, 0.4) is 0 Å². The number of para-hydroxylation sites is 1. The summed E-state index contributed by atoms with van der Waals surface area (Å²) in [6.07, 6.45) is 1.18. The van der Waals surface area contributed by atoms with Crippen LogP contribution in [0.15, 0.2) is 18.2 Å². The number of benzene rings is 1. The van der Waals surface area contributed by atoms with Crippen LogP contribution in [-0.4, -0.2) is 24.0 Å². The van der Waals surface area contributed by atoms with Crippen molar-refractivity contribution >= 4 is 5.69 Å². The van der Waals surface area contributed by atoms with Crippen LogP contribution in [0, 0.1) is 5.92 Å². The molecule has 0 unspecified atom stereocenters. The monoisotopic (exact) mass is 246 g/mol. The first-order valence-electron chi connectivity index (χ1n) is 7.16. The maximum absolute atomic E-state index is 3.54. The minimum atomic E-state index is 0.602. The SMILES string of the molecule is CC(C)CN(Cc1cccc2c1NCC2)C(C)C. The summed E-state index contributed by atoms with van der Waals surface area (Å²) in [4.78, 5) is 2.57. The molecule has 0 saturated heterocycles. The van der Waals surface area contributed by atoms with Crippen LogP contribution in [0.4, 0.5) is 5.69 Å². The van der Waals surface area contributed by atoms with E-state index in [1.807, 2.05) is 0 Å². The van der Waals surface area contributed by atoms with Crippen LogP contribution in [0.25, 0.3) is 0 Å². The maximum Gasteiger partial charge on any atom is 0.0419 e. The van der Waals surface area contributed by atoms with Crippen LogP contribution in [-0.2, 0) is 13.0 Å². The molecular formula is C16H26N2. The van der Waals surface area contributed by atoms with Gasteiger partial charge in [0.05, 0.1) is 0 Å². The van der Waals surface area contributed by atoms with Crippen molar-refractivity contribution in [2.24, 2.45) is 5.92 Å². The Labute approximate surface area is 111 Å².